The maximum Gasteiger partial charge on any atom is 0.168 e. The molecule has 1 heterocycles. The molecule has 0 atom stereocenters. The Labute approximate surface area is 120 Å². The van der Waals surface area contributed by atoms with E-state index < -0.39 is 0 Å². The molecule has 3 heteroatoms. The fourth-order valence-corrected chi connectivity index (χ4v) is 2.25. The van der Waals surface area contributed by atoms with Crippen molar-refractivity contribution >= 4 is 5.78 Å². The van der Waals surface area contributed by atoms with Gasteiger partial charge in [-0.1, -0.05) is 45.0 Å². The Hall–Kier alpha value is -1.90. The molecule has 0 unspecified atom stereocenters. The fraction of sp³-hybridized carbons (Fsp3) is 0.412. The summed E-state index contributed by atoms with van der Waals surface area (Å²) in [6.07, 6.45) is 0.395. The third-order valence-electron chi connectivity index (χ3n) is 3.51. The van der Waals surface area contributed by atoms with E-state index in [2.05, 4.69) is 25.9 Å². The Kier molecular flexibility index (Phi) is 3.80. The normalized spacial score (nSPS) is 11.7. The molecule has 0 saturated heterocycles. The van der Waals surface area contributed by atoms with E-state index >= 15 is 0 Å². The van der Waals surface area contributed by atoms with E-state index in [0.717, 1.165) is 17.0 Å². The molecule has 2 aromatic rings. The Bertz CT molecular complexity index is 615. The number of carbonyl (C=O) groups is 1. The van der Waals surface area contributed by atoms with E-state index in [1.807, 2.05) is 44.3 Å². The van der Waals surface area contributed by atoms with Crippen LogP contribution >= 0.6 is 0 Å². The highest BCUT2D eigenvalue weighted by atomic mass is 16.1. The van der Waals surface area contributed by atoms with Gasteiger partial charge in [-0.15, -0.1) is 0 Å². The molecular weight excluding hydrogens is 248 g/mol. The average Bonchev–Trinajstić information content (AvgIpc) is 2.67. The van der Waals surface area contributed by atoms with Crippen molar-refractivity contribution in [3.8, 4) is 0 Å². The molecule has 106 valence electrons. The van der Waals surface area contributed by atoms with Crippen LogP contribution in [0.25, 0.3) is 0 Å². The average molecular weight is 270 g/mol. The molecule has 2 rings (SSSR count). The van der Waals surface area contributed by atoms with Gasteiger partial charge >= 0.3 is 0 Å². The fourth-order valence-electron chi connectivity index (χ4n) is 2.25. The molecule has 0 bridgehead atoms. The molecule has 0 N–H and O–H groups in total. The van der Waals surface area contributed by atoms with E-state index in [1.54, 1.807) is 4.68 Å². The number of aryl methyl sites for hydroxylation is 2. The number of nitrogens with zero attached hydrogens (tertiary/aromatic N) is 2. The Morgan fingerprint density at radius 2 is 1.80 bits per heavy atom. The minimum absolute atomic E-state index is 0.112. The first-order chi connectivity index (χ1) is 9.27. The lowest BCUT2D eigenvalue weighted by Crippen LogP contribution is -2.12. The zero-order chi connectivity index (χ0) is 14.9. The predicted octanol–water partition coefficient (Wildman–Crippen LogP) is 3.45. The van der Waals surface area contributed by atoms with E-state index in [0.29, 0.717) is 6.42 Å². The van der Waals surface area contributed by atoms with Crippen LogP contribution in [0.1, 0.15) is 48.1 Å². The van der Waals surface area contributed by atoms with Crippen LogP contribution in [0.2, 0.25) is 0 Å². The molecule has 0 spiro atoms. The molecule has 0 aliphatic rings. The third kappa shape index (κ3) is 3.16. The number of Topliss-reactive ketones (excluding diaryl/α,β-unsaturated/α-hetero) is 1. The van der Waals surface area contributed by atoms with Crippen LogP contribution < -0.4 is 0 Å². The van der Waals surface area contributed by atoms with E-state index in [9.17, 15) is 4.79 Å². The summed E-state index contributed by atoms with van der Waals surface area (Å²) in [6, 6.07) is 9.89. The topological polar surface area (TPSA) is 34.9 Å². The molecule has 0 fully saturated rings. The predicted molar refractivity (Wildman–Crippen MR) is 81.1 cm³/mol. The Morgan fingerprint density at radius 1 is 1.20 bits per heavy atom. The lowest BCUT2D eigenvalue weighted by Gasteiger charge is -2.18. The van der Waals surface area contributed by atoms with E-state index in [-0.39, 0.29) is 11.2 Å². The van der Waals surface area contributed by atoms with Crippen molar-refractivity contribution in [1.82, 2.24) is 9.78 Å². The second-order valence-electron chi connectivity index (χ2n) is 6.33. The van der Waals surface area contributed by atoms with Crippen molar-refractivity contribution < 1.29 is 4.79 Å². The summed E-state index contributed by atoms with van der Waals surface area (Å²) >= 11 is 0. The minimum atomic E-state index is 0.112. The second kappa shape index (κ2) is 5.23. The number of carbonyl (C=O) groups excluding carboxylic acids is 1. The van der Waals surface area contributed by atoms with Gasteiger partial charge in [-0.05, 0) is 24.0 Å². The number of ketones is 1. The van der Waals surface area contributed by atoms with Gasteiger partial charge in [-0.25, -0.2) is 0 Å². The summed E-state index contributed by atoms with van der Waals surface area (Å²) in [6.45, 7) is 8.44. The molecule has 0 aliphatic carbocycles. The summed E-state index contributed by atoms with van der Waals surface area (Å²) < 4.78 is 1.77. The van der Waals surface area contributed by atoms with E-state index in [4.69, 9.17) is 0 Å². The van der Waals surface area contributed by atoms with Gasteiger partial charge in [0.05, 0.1) is 12.1 Å². The van der Waals surface area contributed by atoms with Crippen LogP contribution in [0, 0.1) is 6.92 Å². The smallest absolute Gasteiger partial charge is 0.168 e. The molecule has 1 aromatic heterocycles. The van der Waals surface area contributed by atoms with Gasteiger partial charge < -0.3 is 0 Å². The summed E-state index contributed by atoms with van der Waals surface area (Å²) in [5, 5.41) is 4.27. The van der Waals surface area contributed by atoms with Crippen molar-refractivity contribution in [2.75, 3.05) is 0 Å². The molecular formula is C17H22N2O. The zero-order valence-corrected chi connectivity index (χ0v) is 12.9. The van der Waals surface area contributed by atoms with Crippen LogP contribution in [-0.4, -0.2) is 15.6 Å². The summed E-state index contributed by atoms with van der Waals surface area (Å²) in [5.41, 5.74) is 4.01. The lowest BCUT2D eigenvalue weighted by atomic mass is 9.86. The van der Waals surface area contributed by atoms with Gasteiger partial charge in [-0.3, -0.25) is 9.48 Å². The SMILES string of the molecule is Cc1cc(CC(=O)c2ccc(C(C)(C)C)cc2)n(C)n1. The van der Waals surface area contributed by atoms with Crippen molar-refractivity contribution in [2.45, 2.75) is 39.5 Å². The van der Waals surface area contributed by atoms with Gasteiger partial charge in [0.2, 0.25) is 0 Å². The molecule has 0 radical (unpaired) electrons. The van der Waals surface area contributed by atoms with Crippen molar-refractivity contribution in [1.29, 1.82) is 0 Å². The van der Waals surface area contributed by atoms with Crippen molar-refractivity contribution in [2.24, 2.45) is 7.05 Å². The Morgan fingerprint density at radius 3 is 2.25 bits per heavy atom. The van der Waals surface area contributed by atoms with Gasteiger partial charge in [0.25, 0.3) is 0 Å². The van der Waals surface area contributed by atoms with Crippen LogP contribution in [0.5, 0.6) is 0 Å². The highest BCUT2D eigenvalue weighted by Crippen LogP contribution is 2.22. The van der Waals surface area contributed by atoms with Gasteiger partial charge in [0.15, 0.2) is 5.78 Å². The third-order valence-corrected chi connectivity index (χ3v) is 3.51. The monoisotopic (exact) mass is 270 g/mol. The molecule has 0 amide bonds. The number of rotatable bonds is 3. The maximum atomic E-state index is 12.3. The highest BCUT2D eigenvalue weighted by molar-refractivity contribution is 5.97. The summed E-state index contributed by atoms with van der Waals surface area (Å²) in [4.78, 5) is 12.3. The molecule has 1 aromatic carbocycles. The number of hydrogen-bond acceptors (Lipinski definition) is 2. The number of benzene rings is 1. The van der Waals surface area contributed by atoms with Gasteiger partial charge in [0, 0.05) is 18.3 Å². The molecule has 20 heavy (non-hydrogen) atoms. The van der Waals surface area contributed by atoms with Gasteiger partial charge in [-0.2, -0.15) is 5.10 Å². The molecule has 3 nitrogen and oxygen atoms in total. The standard InChI is InChI=1S/C17H22N2O/c1-12-10-15(19(5)18-12)11-16(20)13-6-8-14(9-7-13)17(2,3)4/h6-10H,11H2,1-5H3. The molecule has 0 aliphatic heterocycles. The summed E-state index contributed by atoms with van der Waals surface area (Å²) in [7, 11) is 1.87. The quantitative estimate of drug-likeness (QED) is 0.801. The van der Waals surface area contributed by atoms with Crippen LogP contribution in [0.3, 0.4) is 0 Å². The highest BCUT2D eigenvalue weighted by Gasteiger charge is 2.15. The largest absolute Gasteiger partial charge is 0.294 e. The van der Waals surface area contributed by atoms with Crippen LogP contribution in [-0.2, 0) is 18.9 Å². The van der Waals surface area contributed by atoms with Crippen molar-refractivity contribution in [3.63, 3.8) is 0 Å². The number of hydrogen-bond donors (Lipinski definition) is 0. The minimum Gasteiger partial charge on any atom is -0.294 e. The van der Waals surface area contributed by atoms with E-state index in [1.165, 1.54) is 5.56 Å². The first kappa shape index (κ1) is 14.5. The summed E-state index contributed by atoms with van der Waals surface area (Å²) in [5.74, 6) is 0.133. The van der Waals surface area contributed by atoms with Crippen LogP contribution in [0.15, 0.2) is 30.3 Å². The first-order valence-electron chi connectivity index (χ1n) is 6.90. The number of aromatic nitrogens is 2. The lowest BCUT2D eigenvalue weighted by molar-refractivity contribution is 0.0990. The first-order valence-corrected chi connectivity index (χ1v) is 6.90. The second-order valence-corrected chi connectivity index (χ2v) is 6.33. The van der Waals surface area contributed by atoms with Crippen LogP contribution in [0.4, 0.5) is 0 Å². The molecule has 0 saturated carbocycles. The maximum absolute atomic E-state index is 12.3. The van der Waals surface area contributed by atoms with Gasteiger partial charge in [0.1, 0.15) is 0 Å². The Balaban J connectivity index is 2.16. The zero-order valence-electron chi connectivity index (χ0n) is 12.9. The van der Waals surface area contributed by atoms with Crippen molar-refractivity contribution in [3.05, 3.63) is 52.8 Å².